The highest BCUT2D eigenvalue weighted by Crippen LogP contribution is 2.10. The van der Waals surface area contributed by atoms with Gasteiger partial charge in [0.05, 0.1) is 11.8 Å². The highest BCUT2D eigenvalue weighted by Gasteiger charge is 2.24. The molecular formula is C10H16N2OS. The van der Waals surface area contributed by atoms with Crippen molar-refractivity contribution in [1.29, 1.82) is 0 Å². The Balaban J connectivity index is 2.23. The minimum absolute atomic E-state index is 0.0950. The zero-order chi connectivity index (χ0) is 10.4. The Morgan fingerprint density at radius 3 is 3.21 bits per heavy atom. The predicted octanol–water partition coefficient (Wildman–Crippen LogP) is 0.303. The molecule has 0 bridgehead atoms. The van der Waals surface area contributed by atoms with Gasteiger partial charge < -0.3 is 10.6 Å². The molecule has 0 aromatic rings. The van der Waals surface area contributed by atoms with Gasteiger partial charge in [0.2, 0.25) is 5.91 Å². The first-order valence-electron chi connectivity index (χ1n) is 4.81. The fourth-order valence-electron chi connectivity index (χ4n) is 1.50. The lowest BCUT2D eigenvalue weighted by Gasteiger charge is -2.30. The molecule has 1 atom stereocenters. The van der Waals surface area contributed by atoms with Crippen LogP contribution in [0.2, 0.25) is 0 Å². The zero-order valence-corrected chi connectivity index (χ0v) is 9.05. The SMILES string of the molecule is C#CCSCCN1CCCC(N)C1=O. The van der Waals surface area contributed by atoms with E-state index in [1.165, 1.54) is 0 Å². The number of hydrogen-bond acceptors (Lipinski definition) is 3. The number of hydrogen-bond donors (Lipinski definition) is 1. The van der Waals surface area contributed by atoms with Gasteiger partial charge in [-0.3, -0.25) is 4.79 Å². The minimum atomic E-state index is -0.276. The Kier molecular flexibility index (Phi) is 4.85. The van der Waals surface area contributed by atoms with Crippen molar-refractivity contribution in [2.24, 2.45) is 5.73 Å². The second-order valence-electron chi connectivity index (χ2n) is 3.33. The van der Waals surface area contributed by atoms with Crippen LogP contribution in [-0.4, -0.2) is 41.4 Å². The minimum Gasteiger partial charge on any atom is -0.341 e. The summed E-state index contributed by atoms with van der Waals surface area (Å²) in [5.74, 6) is 4.28. The van der Waals surface area contributed by atoms with Gasteiger partial charge in [-0.25, -0.2) is 0 Å². The van der Waals surface area contributed by atoms with E-state index in [-0.39, 0.29) is 11.9 Å². The molecule has 1 aliphatic heterocycles. The number of rotatable bonds is 4. The summed E-state index contributed by atoms with van der Waals surface area (Å²) in [5.41, 5.74) is 5.67. The normalized spacial score (nSPS) is 22.1. The molecule has 0 aromatic carbocycles. The average Bonchev–Trinajstić information content (AvgIpc) is 2.19. The van der Waals surface area contributed by atoms with Crippen LogP contribution in [0.4, 0.5) is 0 Å². The van der Waals surface area contributed by atoms with Crippen LogP contribution in [0.25, 0.3) is 0 Å². The maximum Gasteiger partial charge on any atom is 0.239 e. The molecule has 1 amide bonds. The van der Waals surface area contributed by atoms with Crippen molar-refractivity contribution in [2.75, 3.05) is 24.6 Å². The van der Waals surface area contributed by atoms with Crippen LogP contribution in [0.1, 0.15) is 12.8 Å². The van der Waals surface area contributed by atoms with E-state index in [9.17, 15) is 4.79 Å². The molecule has 14 heavy (non-hydrogen) atoms. The lowest BCUT2D eigenvalue weighted by atomic mass is 10.1. The van der Waals surface area contributed by atoms with Crippen LogP contribution >= 0.6 is 11.8 Å². The van der Waals surface area contributed by atoms with Gasteiger partial charge in [-0.15, -0.1) is 18.2 Å². The molecule has 3 nitrogen and oxygen atoms in total. The summed E-state index contributed by atoms with van der Waals surface area (Å²) in [6, 6.07) is -0.276. The summed E-state index contributed by atoms with van der Waals surface area (Å²) in [5, 5.41) is 0. The van der Waals surface area contributed by atoms with Crippen LogP contribution in [-0.2, 0) is 4.79 Å². The van der Waals surface area contributed by atoms with Gasteiger partial charge in [-0.05, 0) is 12.8 Å². The molecule has 1 fully saturated rings. The first-order chi connectivity index (χ1) is 6.75. The monoisotopic (exact) mass is 212 g/mol. The smallest absolute Gasteiger partial charge is 0.239 e. The number of nitrogens with zero attached hydrogens (tertiary/aromatic N) is 1. The van der Waals surface area contributed by atoms with E-state index in [0.717, 1.165) is 31.7 Å². The standard InChI is InChI=1S/C10H16N2OS/c1-2-7-14-8-6-12-5-3-4-9(11)10(12)13/h1,9H,3-8,11H2. The number of piperidine rings is 1. The third kappa shape index (κ3) is 3.24. The molecule has 0 radical (unpaired) electrons. The van der Waals surface area contributed by atoms with Crippen molar-refractivity contribution < 1.29 is 4.79 Å². The fraction of sp³-hybridized carbons (Fsp3) is 0.700. The molecule has 78 valence electrons. The summed E-state index contributed by atoms with van der Waals surface area (Å²) in [6.45, 7) is 1.63. The molecule has 0 spiro atoms. The number of nitrogens with two attached hydrogens (primary N) is 1. The van der Waals surface area contributed by atoms with E-state index in [0.29, 0.717) is 5.75 Å². The van der Waals surface area contributed by atoms with Crippen molar-refractivity contribution in [3.05, 3.63) is 0 Å². The van der Waals surface area contributed by atoms with Crippen molar-refractivity contribution in [1.82, 2.24) is 4.90 Å². The second kappa shape index (κ2) is 5.94. The zero-order valence-electron chi connectivity index (χ0n) is 8.24. The lowest BCUT2D eigenvalue weighted by molar-refractivity contribution is -0.134. The van der Waals surface area contributed by atoms with Gasteiger partial charge in [0.15, 0.2) is 0 Å². The Morgan fingerprint density at radius 2 is 2.50 bits per heavy atom. The Bertz CT molecular complexity index is 237. The van der Waals surface area contributed by atoms with E-state index in [1.807, 2.05) is 4.90 Å². The first kappa shape index (κ1) is 11.4. The fourth-order valence-corrected chi connectivity index (χ4v) is 2.11. The van der Waals surface area contributed by atoms with Gasteiger partial charge in [-0.1, -0.05) is 5.92 Å². The van der Waals surface area contributed by atoms with Gasteiger partial charge >= 0.3 is 0 Å². The third-order valence-corrected chi connectivity index (χ3v) is 3.11. The van der Waals surface area contributed by atoms with E-state index in [2.05, 4.69) is 5.92 Å². The van der Waals surface area contributed by atoms with E-state index < -0.39 is 0 Å². The molecular weight excluding hydrogens is 196 g/mol. The highest BCUT2D eigenvalue weighted by atomic mass is 32.2. The number of likely N-dealkylation sites (tertiary alicyclic amines) is 1. The van der Waals surface area contributed by atoms with Crippen molar-refractivity contribution in [2.45, 2.75) is 18.9 Å². The van der Waals surface area contributed by atoms with Crippen LogP contribution in [0.5, 0.6) is 0 Å². The van der Waals surface area contributed by atoms with Crippen LogP contribution in [0, 0.1) is 12.3 Å². The lowest BCUT2D eigenvalue weighted by Crippen LogP contribution is -2.48. The summed E-state index contributed by atoms with van der Waals surface area (Å²) in [6.07, 6.45) is 6.97. The quantitative estimate of drug-likeness (QED) is 0.538. The van der Waals surface area contributed by atoms with E-state index in [4.69, 9.17) is 12.2 Å². The second-order valence-corrected chi connectivity index (χ2v) is 4.44. The molecule has 1 aliphatic rings. The number of carbonyl (C=O) groups excluding carboxylic acids is 1. The summed E-state index contributed by atoms with van der Waals surface area (Å²) in [4.78, 5) is 13.4. The molecule has 2 N–H and O–H groups in total. The molecule has 1 heterocycles. The van der Waals surface area contributed by atoms with Gasteiger partial charge in [0, 0.05) is 18.8 Å². The van der Waals surface area contributed by atoms with Crippen LogP contribution in [0.15, 0.2) is 0 Å². The van der Waals surface area contributed by atoms with Gasteiger partial charge in [-0.2, -0.15) is 0 Å². The molecule has 0 aromatic heterocycles. The van der Waals surface area contributed by atoms with E-state index >= 15 is 0 Å². The Hall–Kier alpha value is -0.660. The molecule has 0 saturated carbocycles. The van der Waals surface area contributed by atoms with Crippen molar-refractivity contribution in [3.63, 3.8) is 0 Å². The maximum atomic E-state index is 11.5. The number of thioether (sulfide) groups is 1. The molecule has 0 aliphatic carbocycles. The van der Waals surface area contributed by atoms with Crippen molar-refractivity contribution >= 4 is 17.7 Å². The summed E-state index contributed by atoms with van der Waals surface area (Å²) in [7, 11) is 0. The van der Waals surface area contributed by atoms with Gasteiger partial charge in [0.25, 0.3) is 0 Å². The molecule has 4 heteroatoms. The number of terminal acetylenes is 1. The van der Waals surface area contributed by atoms with Crippen LogP contribution < -0.4 is 5.73 Å². The number of carbonyl (C=O) groups is 1. The van der Waals surface area contributed by atoms with Crippen molar-refractivity contribution in [3.8, 4) is 12.3 Å². The highest BCUT2D eigenvalue weighted by molar-refractivity contribution is 7.99. The Morgan fingerprint density at radius 1 is 1.71 bits per heavy atom. The first-order valence-corrected chi connectivity index (χ1v) is 5.96. The summed E-state index contributed by atoms with van der Waals surface area (Å²) >= 11 is 1.68. The number of amides is 1. The molecule has 1 saturated heterocycles. The predicted molar refractivity (Wildman–Crippen MR) is 59.9 cm³/mol. The largest absolute Gasteiger partial charge is 0.341 e. The Labute approximate surface area is 89.4 Å². The van der Waals surface area contributed by atoms with Crippen LogP contribution in [0.3, 0.4) is 0 Å². The molecule has 1 unspecified atom stereocenters. The maximum absolute atomic E-state index is 11.5. The third-order valence-electron chi connectivity index (χ3n) is 2.26. The average molecular weight is 212 g/mol. The van der Waals surface area contributed by atoms with E-state index in [1.54, 1.807) is 11.8 Å². The summed E-state index contributed by atoms with van der Waals surface area (Å²) < 4.78 is 0. The molecule has 1 rings (SSSR count). The topological polar surface area (TPSA) is 46.3 Å². The van der Waals surface area contributed by atoms with Gasteiger partial charge in [0.1, 0.15) is 0 Å².